The van der Waals surface area contributed by atoms with Gasteiger partial charge in [-0.15, -0.1) is 0 Å². The zero-order valence-electron chi connectivity index (χ0n) is 15.7. The molecule has 0 aliphatic heterocycles. The van der Waals surface area contributed by atoms with Crippen molar-refractivity contribution in [3.8, 4) is 0 Å². The quantitative estimate of drug-likeness (QED) is 0.809. The number of hydrogen-bond donors (Lipinski definition) is 1. The number of sulfonamides is 1. The second-order valence-electron chi connectivity index (χ2n) is 6.28. The molecular formula is C20H26N2O3S. The Kier molecular flexibility index (Phi) is 6.56. The summed E-state index contributed by atoms with van der Waals surface area (Å²) in [4.78, 5) is 13.9. The Bertz CT molecular complexity index is 874. The van der Waals surface area contributed by atoms with Gasteiger partial charge in [-0.1, -0.05) is 31.2 Å². The number of aryl methyl sites for hydroxylation is 2. The third-order valence-corrected chi connectivity index (χ3v) is 5.99. The Balaban J connectivity index is 2.09. The predicted octanol–water partition coefficient (Wildman–Crippen LogP) is 3.20. The van der Waals surface area contributed by atoms with Crippen LogP contribution in [0, 0.1) is 13.8 Å². The van der Waals surface area contributed by atoms with Crippen LogP contribution in [-0.2, 0) is 21.2 Å². The van der Waals surface area contributed by atoms with E-state index in [9.17, 15) is 13.2 Å². The summed E-state index contributed by atoms with van der Waals surface area (Å²) in [6.07, 6.45) is 0.858. The van der Waals surface area contributed by atoms with E-state index in [1.54, 1.807) is 17.0 Å². The molecule has 6 heteroatoms. The highest BCUT2D eigenvalue weighted by Crippen LogP contribution is 2.22. The maximum atomic E-state index is 12.4. The molecule has 1 amide bonds. The van der Waals surface area contributed by atoms with Crippen molar-refractivity contribution in [3.05, 3.63) is 59.2 Å². The number of benzene rings is 2. The molecule has 0 spiro atoms. The number of nitrogens with one attached hydrogen (secondary N) is 1. The molecule has 1 N–H and O–H groups in total. The molecule has 0 unspecified atom stereocenters. The van der Waals surface area contributed by atoms with E-state index in [4.69, 9.17) is 0 Å². The molecule has 0 atom stereocenters. The zero-order valence-corrected chi connectivity index (χ0v) is 16.6. The molecule has 0 aliphatic carbocycles. The SMILES string of the molecule is CCc1ccc(S(=O)(=O)NCCN(C(C)=O)c2cccc(C)c2C)cc1. The number of amides is 1. The monoisotopic (exact) mass is 374 g/mol. The first-order valence-electron chi connectivity index (χ1n) is 8.69. The first-order valence-corrected chi connectivity index (χ1v) is 10.2. The summed E-state index contributed by atoms with van der Waals surface area (Å²) in [7, 11) is -3.60. The van der Waals surface area contributed by atoms with Crippen LogP contribution in [0.4, 0.5) is 5.69 Å². The van der Waals surface area contributed by atoms with Gasteiger partial charge in [0.2, 0.25) is 15.9 Å². The fourth-order valence-electron chi connectivity index (χ4n) is 2.75. The largest absolute Gasteiger partial charge is 0.311 e. The molecule has 5 nitrogen and oxygen atoms in total. The van der Waals surface area contributed by atoms with Gasteiger partial charge in [-0.2, -0.15) is 0 Å². The summed E-state index contributed by atoms with van der Waals surface area (Å²) >= 11 is 0. The van der Waals surface area contributed by atoms with Gasteiger partial charge in [-0.3, -0.25) is 4.79 Å². The third-order valence-electron chi connectivity index (χ3n) is 4.52. The van der Waals surface area contributed by atoms with Crippen LogP contribution in [0.5, 0.6) is 0 Å². The molecule has 0 bridgehead atoms. The van der Waals surface area contributed by atoms with Crippen LogP contribution >= 0.6 is 0 Å². The number of nitrogens with zero attached hydrogens (tertiary/aromatic N) is 1. The molecule has 0 saturated carbocycles. The van der Waals surface area contributed by atoms with Crippen molar-refractivity contribution in [1.29, 1.82) is 0 Å². The summed E-state index contributed by atoms with van der Waals surface area (Å²) in [6, 6.07) is 12.6. The van der Waals surface area contributed by atoms with Crippen LogP contribution in [0.25, 0.3) is 0 Å². The first kappa shape index (κ1) is 20.1. The van der Waals surface area contributed by atoms with Crippen molar-refractivity contribution in [2.24, 2.45) is 0 Å². The Hall–Kier alpha value is -2.18. The van der Waals surface area contributed by atoms with Crippen molar-refractivity contribution < 1.29 is 13.2 Å². The van der Waals surface area contributed by atoms with E-state index in [1.807, 2.05) is 51.1 Å². The molecule has 0 aliphatic rings. The van der Waals surface area contributed by atoms with Crippen molar-refractivity contribution in [2.75, 3.05) is 18.0 Å². The highest BCUT2D eigenvalue weighted by molar-refractivity contribution is 7.89. The smallest absolute Gasteiger partial charge is 0.240 e. The van der Waals surface area contributed by atoms with E-state index in [0.29, 0.717) is 0 Å². The van der Waals surface area contributed by atoms with E-state index in [-0.39, 0.29) is 23.9 Å². The van der Waals surface area contributed by atoms with Crippen molar-refractivity contribution >= 4 is 21.6 Å². The molecule has 0 aromatic heterocycles. The fraction of sp³-hybridized carbons (Fsp3) is 0.350. The second-order valence-corrected chi connectivity index (χ2v) is 8.05. The number of hydrogen-bond acceptors (Lipinski definition) is 3. The molecule has 140 valence electrons. The minimum atomic E-state index is -3.60. The van der Waals surface area contributed by atoms with Crippen LogP contribution in [0.1, 0.15) is 30.5 Å². The van der Waals surface area contributed by atoms with Gasteiger partial charge in [0, 0.05) is 25.7 Å². The Morgan fingerprint density at radius 3 is 2.31 bits per heavy atom. The van der Waals surface area contributed by atoms with Crippen LogP contribution in [0.3, 0.4) is 0 Å². The average Bonchev–Trinajstić information content (AvgIpc) is 2.61. The fourth-order valence-corrected chi connectivity index (χ4v) is 3.78. The number of carbonyl (C=O) groups excluding carboxylic acids is 1. The maximum absolute atomic E-state index is 12.4. The standard InChI is InChI=1S/C20H26N2O3S/c1-5-18-9-11-19(12-10-18)26(24,25)21-13-14-22(17(4)23)20-8-6-7-15(2)16(20)3/h6-12,21H,5,13-14H2,1-4H3. The minimum absolute atomic E-state index is 0.120. The zero-order chi connectivity index (χ0) is 19.3. The lowest BCUT2D eigenvalue weighted by atomic mass is 10.1. The second kappa shape index (κ2) is 8.47. The molecule has 26 heavy (non-hydrogen) atoms. The summed E-state index contributed by atoms with van der Waals surface area (Å²) in [6.45, 7) is 7.86. The van der Waals surface area contributed by atoms with Gasteiger partial charge in [0.05, 0.1) is 4.90 Å². The van der Waals surface area contributed by atoms with E-state index in [0.717, 1.165) is 28.8 Å². The lowest BCUT2D eigenvalue weighted by Crippen LogP contribution is -2.38. The van der Waals surface area contributed by atoms with E-state index < -0.39 is 10.0 Å². The van der Waals surface area contributed by atoms with E-state index in [1.165, 1.54) is 6.92 Å². The summed E-state index contributed by atoms with van der Waals surface area (Å²) in [5.41, 5.74) is 4.00. The Morgan fingerprint density at radius 1 is 1.08 bits per heavy atom. The van der Waals surface area contributed by atoms with Crippen molar-refractivity contribution in [3.63, 3.8) is 0 Å². The van der Waals surface area contributed by atoms with Gasteiger partial charge in [0.1, 0.15) is 0 Å². The summed E-state index contributed by atoms with van der Waals surface area (Å²) in [5, 5.41) is 0. The number of anilines is 1. The molecule has 0 heterocycles. The van der Waals surface area contributed by atoms with Crippen LogP contribution in [-0.4, -0.2) is 27.4 Å². The molecule has 0 saturated heterocycles. The molecule has 0 radical (unpaired) electrons. The van der Waals surface area contributed by atoms with E-state index in [2.05, 4.69) is 4.72 Å². The van der Waals surface area contributed by atoms with Gasteiger partial charge in [0.25, 0.3) is 0 Å². The van der Waals surface area contributed by atoms with Gasteiger partial charge in [0.15, 0.2) is 0 Å². The minimum Gasteiger partial charge on any atom is -0.311 e. The van der Waals surface area contributed by atoms with Gasteiger partial charge in [-0.05, 0) is 55.2 Å². The topological polar surface area (TPSA) is 66.5 Å². The molecule has 2 aromatic carbocycles. The number of carbonyl (C=O) groups is 1. The predicted molar refractivity (Wildman–Crippen MR) is 105 cm³/mol. The van der Waals surface area contributed by atoms with Crippen LogP contribution in [0.15, 0.2) is 47.4 Å². The van der Waals surface area contributed by atoms with Gasteiger partial charge < -0.3 is 4.90 Å². The molecule has 0 fully saturated rings. The Morgan fingerprint density at radius 2 is 1.73 bits per heavy atom. The van der Waals surface area contributed by atoms with Gasteiger partial charge >= 0.3 is 0 Å². The van der Waals surface area contributed by atoms with E-state index >= 15 is 0 Å². The highest BCUT2D eigenvalue weighted by atomic mass is 32.2. The lowest BCUT2D eigenvalue weighted by Gasteiger charge is -2.24. The van der Waals surface area contributed by atoms with Crippen LogP contribution < -0.4 is 9.62 Å². The molecular weight excluding hydrogens is 348 g/mol. The third kappa shape index (κ3) is 4.71. The summed E-state index contributed by atoms with van der Waals surface area (Å²) in [5.74, 6) is -0.120. The van der Waals surface area contributed by atoms with Crippen LogP contribution in [0.2, 0.25) is 0 Å². The Labute approximate surface area is 156 Å². The van der Waals surface area contributed by atoms with Crippen molar-refractivity contribution in [1.82, 2.24) is 4.72 Å². The molecule has 2 rings (SSSR count). The van der Waals surface area contributed by atoms with Crippen molar-refractivity contribution in [2.45, 2.75) is 39.0 Å². The average molecular weight is 375 g/mol. The molecule has 2 aromatic rings. The lowest BCUT2D eigenvalue weighted by molar-refractivity contribution is -0.116. The highest BCUT2D eigenvalue weighted by Gasteiger charge is 2.17. The summed E-state index contributed by atoms with van der Waals surface area (Å²) < 4.78 is 27.4. The first-order chi connectivity index (χ1) is 12.3. The van der Waals surface area contributed by atoms with Gasteiger partial charge in [-0.25, -0.2) is 13.1 Å². The number of rotatable bonds is 7. The normalized spacial score (nSPS) is 11.4. The maximum Gasteiger partial charge on any atom is 0.240 e.